The molecule has 0 fully saturated rings. The first-order valence-electron chi connectivity index (χ1n) is 8.66. The normalized spacial score (nSPS) is 16.7. The molecule has 3 aromatic heterocycles. The molecule has 4 rings (SSSR count). The molecule has 0 amide bonds. The predicted molar refractivity (Wildman–Crippen MR) is 106 cm³/mol. The number of ether oxygens (including phenoxy) is 1. The van der Waals surface area contributed by atoms with Crippen molar-refractivity contribution in [3.05, 3.63) is 59.8 Å². The van der Waals surface area contributed by atoms with Crippen molar-refractivity contribution in [2.75, 3.05) is 13.2 Å². The fourth-order valence-corrected chi connectivity index (χ4v) is 4.71. The number of hydrogen-bond donors (Lipinski definition) is 1. The first kappa shape index (κ1) is 17.4. The van der Waals surface area contributed by atoms with Crippen LogP contribution in [0.25, 0.3) is 11.3 Å². The topological polar surface area (TPSA) is 47.3 Å². The van der Waals surface area contributed by atoms with Gasteiger partial charge in [0.2, 0.25) is 0 Å². The standard InChI is InChI=1S/C20H20N2O2S2/c1-2-23-20-10-14(13-25-20)26-19-11-15(18-7-5-9-24-18)16(12-22-19)17-6-3-4-8-21-17/h3,5-7,9-13,17,21H,2,4,8H2,1H3. The largest absolute Gasteiger partial charge is 0.484 e. The van der Waals surface area contributed by atoms with Crippen LogP contribution < -0.4 is 10.1 Å². The lowest BCUT2D eigenvalue weighted by atomic mass is 9.99. The Morgan fingerprint density at radius 2 is 2.38 bits per heavy atom. The van der Waals surface area contributed by atoms with Gasteiger partial charge in [0.15, 0.2) is 5.06 Å². The van der Waals surface area contributed by atoms with Crippen LogP contribution in [0.3, 0.4) is 0 Å². The van der Waals surface area contributed by atoms with Crippen LogP contribution in [0.1, 0.15) is 24.9 Å². The Hall–Kier alpha value is -2.02. The zero-order valence-corrected chi connectivity index (χ0v) is 16.1. The van der Waals surface area contributed by atoms with Gasteiger partial charge in [-0.2, -0.15) is 0 Å². The molecule has 6 heteroatoms. The van der Waals surface area contributed by atoms with E-state index in [1.807, 2.05) is 25.3 Å². The van der Waals surface area contributed by atoms with Crippen molar-refractivity contribution in [2.45, 2.75) is 29.3 Å². The van der Waals surface area contributed by atoms with Crippen molar-refractivity contribution in [1.29, 1.82) is 0 Å². The fourth-order valence-electron chi connectivity index (χ4n) is 2.92. The molecule has 26 heavy (non-hydrogen) atoms. The highest BCUT2D eigenvalue weighted by molar-refractivity contribution is 7.99. The molecule has 0 spiro atoms. The van der Waals surface area contributed by atoms with E-state index in [4.69, 9.17) is 9.15 Å². The molecule has 0 saturated carbocycles. The van der Waals surface area contributed by atoms with E-state index in [0.29, 0.717) is 6.61 Å². The maximum Gasteiger partial charge on any atom is 0.174 e. The molecular formula is C20H20N2O2S2. The highest BCUT2D eigenvalue weighted by Gasteiger charge is 2.18. The second kappa shape index (κ2) is 8.12. The Labute approximate surface area is 161 Å². The van der Waals surface area contributed by atoms with Crippen LogP contribution in [0, 0.1) is 0 Å². The van der Waals surface area contributed by atoms with Crippen molar-refractivity contribution in [3.8, 4) is 16.4 Å². The van der Waals surface area contributed by atoms with E-state index in [2.05, 4.69) is 40.0 Å². The summed E-state index contributed by atoms with van der Waals surface area (Å²) in [7, 11) is 0. The van der Waals surface area contributed by atoms with E-state index >= 15 is 0 Å². The smallest absolute Gasteiger partial charge is 0.174 e. The van der Waals surface area contributed by atoms with Crippen molar-refractivity contribution in [3.63, 3.8) is 0 Å². The minimum atomic E-state index is 0.168. The summed E-state index contributed by atoms with van der Waals surface area (Å²) in [4.78, 5) is 5.82. The Morgan fingerprint density at radius 3 is 3.15 bits per heavy atom. The molecule has 1 N–H and O–H groups in total. The van der Waals surface area contributed by atoms with E-state index < -0.39 is 0 Å². The molecule has 4 nitrogen and oxygen atoms in total. The molecule has 1 atom stereocenters. The number of nitrogens with zero attached hydrogens (tertiary/aromatic N) is 1. The van der Waals surface area contributed by atoms with Crippen LogP contribution in [-0.4, -0.2) is 18.1 Å². The zero-order valence-electron chi connectivity index (χ0n) is 14.5. The van der Waals surface area contributed by atoms with E-state index in [9.17, 15) is 0 Å². The van der Waals surface area contributed by atoms with E-state index in [1.165, 1.54) is 0 Å². The molecule has 0 aromatic carbocycles. The SMILES string of the molecule is CCOc1cc(Sc2cc(-c3ccco3)c(C3C=CCCN3)cn2)cs1. The molecule has 1 unspecified atom stereocenters. The van der Waals surface area contributed by atoms with Crippen LogP contribution in [0.2, 0.25) is 0 Å². The van der Waals surface area contributed by atoms with Crippen LogP contribution >= 0.6 is 23.1 Å². The molecular weight excluding hydrogens is 364 g/mol. The number of pyridine rings is 1. The molecule has 134 valence electrons. The second-order valence-electron chi connectivity index (χ2n) is 5.87. The van der Waals surface area contributed by atoms with Crippen molar-refractivity contribution >= 4 is 23.1 Å². The number of hydrogen-bond acceptors (Lipinski definition) is 6. The summed E-state index contributed by atoms with van der Waals surface area (Å²) in [6, 6.07) is 8.26. The third-order valence-electron chi connectivity index (χ3n) is 4.10. The van der Waals surface area contributed by atoms with E-state index in [1.54, 1.807) is 29.4 Å². The Kier molecular flexibility index (Phi) is 5.43. The van der Waals surface area contributed by atoms with Gasteiger partial charge < -0.3 is 14.5 Å². The number of rotatable bonds is 6. The highest BCUT2D eigenvalue weighted by Crippen LogP contribution is 2.37. The van der Waals surface area contributed by atoms with Crippen LogP contribution in [-0.2, 0) is 0 Å². The summed E-state index contributed by atoms with van der Waals surface area (Å²) in [6.45, 7) is 3.66. The Bertz CT molecular complexity index is 887. The van der Waals surface area contributed by atoms with E-state index in [0.717, 1.165) is 44.8 Å². The Balaban J connectivity index is 1.65. The fraction of sp³-hybridized carbons (Fsp3) is 0.250. The van der Waals surface area contributed by atoms with Gasteiger partial charge in [-0.1, -0.05) is 23.9 Å². The van der Waals surface area contributed by atoms with Gasteiger partial charge >= 0.3 is 0 Å². The van der Waals surface area contributed by atoms with Crippen LogP contribution in [0.4, 0.5) is 0 Å². The molecule has 0 radical (unpaired) electrons. The van der Waals surface area contributed by atoms with Crippen molar-refractivity contribution in [1.82, 2.24) is 10.3 Å². The van der Waals surface area contributed by atoms with Gasteiger partial charge in [-0.25, -0.2) is 4.98 Å². The van der Waals surface area contributed by atoms with E-state index in [-0.39, 0.29) is 6.04 Å². The van der Waals surface area contributed by atoms with Gasteiger partial charge in [-0.3, -0.25) is 0 Å². The first-order chi connectivity index (χ1) is 12.8. The monoisotopic (exact) mass is 384 g/mol. The lowest BCUT2D eigenvalue weighted by molar-refractivity contribution is 0.350. The minimum Gasteiger partial charge on any atom is -0.484 e. The summed E-state index contributed by atoms with van der Waals surface area (Å²) in [5.74, 6) is 0.866. The van der Waals surface area contributed by atoms with Gasteiger partial charge in [-0.15, -0.1) is 11.3 Å². The molecule has 0 saturated heterocycles. The van der Waals surface area contributed by atoms with Gasteiger partial charge in [0.25, 0.3) is 0 Å². The lowest BCUT2D eigenvalue weighted by Gasteiger charge is -2.21. The summed E-state index contributed by atoms with van der Waals surface area (Å²) in [5.41, 5.74) is 2.22. The van der Waals surface area contributed by atoms with Crippen LogP contribution in [0.5, 0.6) is 5.06 Å². The molecule has 1 aliphatic rings. The summed E-state index contributed by atoms with van der Waals surface area (Å²) < 4.78 is 11.2. The summed E-state index contributed by atoms with van der Waals surface area (Å²) in [5, 5.41) is 7.52. The number of thiophene rings is 1. The summed E-state index contributed by atoms with van der Waals surface area (Å²) in [6.07, 6.45) is 9.16. The highest BCUT2D eigenvalue weighted by atomic mass is 32.2. The van der Waals surface area contributed by atoms with Crippen molar-refractivity contribution in [2.24, 2.45) is 0 Å². The van der Waals surface area contributed by atoms with Gasteiger partial charge in [0, 0.05) is 33.7 Å². The molecule has 0 bridgehead atoms. The quantitative estimate of drug-likeness (QED) is 0.565. The third kappa shape index (κ3) is 3.87. The Morgan fingerprint density at radius 1 is 1.42 bits per heavy atom. The molecule has 4 heterocycles. The average molecular weight is 385 g/mol. The zero-order chi connectivity index (χ0) is 17.8. The maximum absolute atomic E-state index is 5.69. The first-order valence-corrected chi connectivity index (χ1v) is 10.4. The third-order valence-corrected chi connectivity index (χ3v) is 5.99. The number of nitrogens with one attached hydrogen (secondary N) is 1. The van der Waals surface area contributed by atoms with Crippen LogP contribution in [0.15, 0.2) is 68.6 Å². The summed E-state index contributed by atoms with van der Waals surface area (Å²) >= 11 is 3.25. The van der Waals surface area contributed by atoms with Crippen molar-refractivity contribution < 1.29 is 9.15 Å². The maximum atomic E-state index is 5.69. The average Bonchev–Trinajstić information content (AvgIpc) is 3.35. The van der Waals surface area contributed by atoms with Gasteiger partial charge in [-0.05, 0) is 38.1 Å². The predicted octanol–water partition coefficient (Wildman–Crippen LogP) is 5.54. The second-order valence-corrected chi connectivity index (χ2v) is 7.84. The number of furan rings is 1. The molecule has 1 aliphatic heterocycles. The lowest BCUT2D eigenvalue weighted by Crippen LogP contribution is -2.24. The van der Waals surface area contributed by atoms with Gasteiger partial charge in [0.05, 0.1) is 18.9 Å². The molecule has 3 aromatic rings. The molecule has 0 aliphatic carbocycles. The minimum absolute atomic E-state index is 0.168. The number of aromatic nitrogens is 1. The van der Waals surface area contributed by atoms with Gasteiger partial charge in [0.1, 0.15) is 10.8 Å².